The summed E-state index contributed by atoms with van der Waals surface area (Å²) in [5, 5.41) is 36.0. The van der Waals surface area contributed by atoms with E-state index in [4.69, 9.17) is 0 Å². The topological polar surface area (TPSA) is 282 Å². The van der Waals surface area contributed by atoms with Crippen molar-refractivity contribution < 1.29 is 43.3 Å². The van der Waals surface area contributed by atoms with E-state index < -0.39 is 117 Å². The first kappa shape index (κ1) is 65.1. The molecule has 0 aromatic heterocycles. The number of halogens is 2. The average Bonchev–Trinajstić information content (AvgIpc) is 4.12. The van der Waals surface area contributed by atoms with Gasteiger partial charge < -0.3 is 52.3 Å². The number of rotatable bonds is 17. The second-order valence-corrected chi connectivity index (χ2v) is 23.8. The normalized spacial score (nSPS) is 21.9. The summed E-state index contributed by atoms with van der Waals surface area (Å²) in [4.78, 5) is 128. The Morgan fingerprint density at radius 3 is 1.30 bits per heavy atom. The molecule has 2 fully saturated rings. The second kappa shape index (κ2) is 27.4. The number of carbonyl (C=O) groups excluding carboxylic acids is 8. The summed E-state index contributed by atoms with van der Waals surface area (Å²) in [6, 6.07) is 11.0. The summed E-state index contributed by atoms with van der Waals surface area (Å²) in [7, 11) is 3.24. The lowest BCUT2D eigenvalue weighted by atomic mass is 9.85. The lowest BCUT2D eigenvalue weighted by Gasteiger charge is -2.36. The van der Waals surface area contributed by atoms with Crippen molar-refractivity contribution in [3.05, 3.63) is 110 Å². The van der Waals surface area contributed by atoms with Crippen LogP contribution in [0.25, 0.3) is 0 Å². The Kier molecular flexibility index (Phi) is 22.0. The number of aryl methyl sites for hydroxylation is 2. The molecule has 0 saturated carbocycles. The first-order valence-electron chi connectivity index (χ1n) is 27.5. The Labute approximate surface area is 486 Å². The van der Waals surface area contributed by atoms with Crippen molar-refractivity contribution in [1.82, 2.24) is 52.3 Å². The predicted molar refractivity (Wildman–Crippen MR) is 311 cm³/mol. The van der Waals surface area contributed by atoms with Crippen LogP contribution >= 0.6 is 24.8 Å². The lowest BCUT2D eigenvalue weighted by molar-refractivity contribution is -0.384. The van der Waals surface area contributed by atoms with Gasteiger partial charge in [0.1, 0.15) is 24.2 Å². The van der Waals surface area contributed by atoms with Crippen LogP contribution in [-0.4, -0.2) is 138 Å². The van der Waals surface area contributed by atoms with Crippen LogP contribution in [0.2, 0.25) is 0 Å². The van der Waals surface area contributed by atoms with E-state index in [2.05, 4.69) is 42.5 Å². The number of hydrogen-bond acceptors (Lipinski definition) is 12. The highest BCUT2D eigenvalue weighted by atomic mass is 35.5. The number of non-ortho nitro benzene ring substituents is 1. The standard InChI is InChI=1S/C58H79N11O10.2ClH/c1-32(59-9)49(70)65-47(57(3,4)5)55(76)67-30-38(28-45(67)53(74)63-43-23-15-19-34-17-11-13-21-41(34)43)61-51(72)36-25-37(27-40(26-36)69(78)79)52(73)62-39-29-46(54(75)64-44-24-16-20-35-18-12-14-22-42(35)44)68(31-39)56(77)48(58(6,7)8)66-50(71)33(2)60-10;;/h11-14,17-18,21-22,25-27,32-33,38-39,43-48,59-60H,15-16,19-20,23-24,28-31H2,1-10H3,(H,61,72)(H,62,73)(H,63,74)(H,64,75)(H,65,70)(H,66,71);2*1H/t32-,33-,38-,39-,43+,44+,45-,46?,47-,48-;;/m0../s1. The highest BCUT2D eigenvalue weighted by Gasteiger charge is 2.48. The number of nitro groups is 1. The molecular formula is C58H81Cl2N11O10. The molecule has 21 nitrogen and oxygen atoms in total. The van der Waals surface area contributed by atoms with Gasteiger partial charge in [-0.1, -0.05) is 90.1 Å². The maximum absolute atomic E-state index is 14.7. The van der Waals surface area contributed by atoms with E-state index in [9.17, 15) is 48.5 Å². The third-order valence-corrected chi connectivity index (χ3v) is 15.9. The smallest absolute Gasteiger partial charge is 0.271 e. The maximum Gasteiger partial charge on any atom is 0.271 e. The Morgan fingerprint density at radius 2 is 0.951 bits per heavy atom. The molecule has 0 radical (unpaired) electrons. The minimum absolute atomic E-state index is 0. The van der Waals surface area contributed by atoms with Gasteiger partial charge in [-0.25, -0.2) is 0 Å². The molecule has 0 spiro atoms. The van der Waals surface area contributed by atoms with Crippen molar-refractivity contribution in [3.8, 4) is 0 Å². The number of carbonyl (C=O) groups is 8. The number of amides is 8. The zero-order valence-corrected chi connectivity index (χ0v) is 49.6. The molecule has 2 saturated heterocycles. The Bertz CT molecular complexity index is 2660. The van der Waals surface area contributed by atoms with Gasteiger partial charge in [0.2, 0.25) is 35.4 Å². The predicted octanol–water partition coefficient (Wildman–Crippen LogP) is 4.50. The number of hydrogen-bond donors (Lipinski definition) is 8. The minimum Gasteiger partial charge on any atom is -0.347 e. The van der Waals surface area contributed by atoms with E-state index in [0.29, 0.717) is 12.8 Å². The van der Waals surface area contributed by atoms with Crippen LogP contribution in [-0.2, 0) is 41.6 Å². The zero-order valence-electron chi connectivity index (χ0n) is 47.9. The van der Waals surface area contributed by atoms with Gasteiger partial charge in [0.25, 0.3) is 17.5 Å². The monoisotopic (exact) mass is 1160 g/mol. The number of likely N-dealkylation sites (tertiary alicyclic amines) is 2. The van der Waals surface area contributed by atoms with E-state index >= 15 is 0 Å². The molecule has 7 rings (SSSR count). The zero-order chi connectivity index (χ0) is 57.7. The number of nitrogens with one attached hydrogen (secondary N) is 8. The molecule has 442 valence electrons. The van der Waals surface area contributed by atoms with Crippen LogP contribution in [0.4, 0.5) is 5.69 Å². The Balaban J connectivity index is 0.00000602. The van der Waals surface area contributed by atoms with Crippen molar-refractivity contribution >= 4 is 77.8 Å². The summed E-state index contributed by atoms with van der Waals surface area (Å²) in [5.41, 5.74) is 1.48. The molecule has 10 atom stereocenters. The molecule has 3 aromatic carbocycles. The Hall–Kier alpha value is -6.68. The van der Waals surface area contributed by atoms with Gasteiger partial charge in [0.15, 0.2) is 0 Å². The molecule has 23 heteroatoms. The van der Waals surface area contributed by atoms with Gasteiger partial charge in [0, 0.05) is 48.4 Å². The van der Waals surface area contributed by atoms with Crippen molar-refractivity contribution in [2.24, 2.45) is 10.8 Å². The number of likely N-dealkylation sites (N-methyl/N-ethyl adjacent to an activating group) is 2. The largest absolute Gasteiger partial charge is 0.347 e. The van der Waals surface area contributed by atoms with Crippen molar-refractivity contribution in [3.63, 3.8) is 0 Å². The van der Waals surface area contributed by atoms with Crippen LogP contribution in [0.3, 0.4) is 0 Å². The summed E-state index contributed by atoms with van der Waals surface area (Å²) in [5.74, 6) is -4.45. The maximum atomic E-state index is 14.7. The van der Waals surface area contributed by atoms with Crippen LogP contribution in [0.15, 0.2) is 66.7 Å². The molecule has 1 unspecified atom stereocenters. The third-order valence-electron chi connectivity index (χ3n) is 15.9. The van der Waals surface area contributed by atoms with E-state index in [1.54, 1.807) is 69.5 Å². The van der Waals surface area contributed by atoms with Crippen molar-refractivity contribution in [1.29, 1.82) is 0 Å². The molecule has 4 aliphatic rings. The van der Waals surface area contributed by atoms with Crippen LogP contribution in [0.5, 0.6) is 0 Å². The molecule has 8 N–H and O–H groups in total. The highest BCUT2D eigenvalue weighted by molar-refractivity contribution is 6.02. The molecule has 3 aromatic rings. The van der Waals surface area contributed by atoms with E-state index in [1.165, 1.54) is 15.9 Å². The summed E-state index contributed by atoms with van der Waals surface area (Å²) in [6.45, 7) is 13.8. The molecule has 8 amide bonds. The number of nitrogens with zero attached hydrogens (tertiary/aromatic N) is 3. The van der Waals surface area contributed by atoms with Gasteiger partial charge in [-0.05, 0) is 118 Å². The van der Waals surface area contributed by atoms with Gasteiger partial charge in [-0.3, -0.25) is 48.5 Å². The van der Waals surface area contributed by atoms with E-state index in [1.807, 2.05) is 48.5 Å². The first-order valence-corrected chi connectivity index (χ1v) is 27.5. The summed E-state index contributed by atoms with van der Waals surface area (Å²) in [6.07, 6.45) is 4.66. The number of benzene rings is 3. The quantitative estimate of drug-likeness (QED) is 0.0686. The number of fused-ring (bicyclic) bond motifs is 2. The van der Waals surface area contributed by atoms with Crippen LogP contribution < -0.4 is 42.5 Å². The van der Waals surface area contributed by atoms with Gasteiger partial charge in [-0.15, -0.1) is 24.8 Å². The van der Waals surface area contributed by atoms with Gasteiger partial charge >= 0.3 is 0 Å². The summed E-state index contributed by atoms with van der Waals surface area (Å²) >= 11 is 0. The number of nitro benzene ring substituents is 1. The fourth-order valence-electron chi connectivity index (χ4n) is 11.2. The molecule has 2 aliphatic heterocycles. The van der Waals surface area contributed by atoms with Crippen molar-refractivity contribution in [2.45, 2.75) is 167 Å². The molecular weight excluding hydrogens is 1080 g/mol. The Morgan fingerprint density at radius 1 is 0.580 bits per heavy atom. The van der Waals surface area contributed by atoms with Crippen LogP contribution in [0.1, 0.15) is 149 Å². The molecule has 81 heavy (non-hydrogen) atoms. The van der Waals surface area contributed by atoms with Crippen molar-refractivity contribution in [2.75, 3.05) is 27.2 Å². The molecule has 2 aliphatic carbocycles. The minimum atomic E-state index is -1.09. The second-order valence-electron chi connectivity index (χ2n) is 23.8. The molecule has 2 heterocycles. The van der Waals surface area contributed by atoms with E-state index in [-0.39, 0.29) is 74.0 Å². The van der Waals surface area contributed by atoms with Gasteiger partial charge in [0.05, 0.1) is 29.1 Å². The fraction of sp³-hybridized carbons (Fsp3) is 0.552. The fourth-order valence-corrected chi connectivity index (χ4v) is 11.2. The summed E-state index contributed by atoms with van der Waals surface area (Å²) < 4.78 is 0. The SMILES string of the molecule is CN[C@@H](C)C(=O)N[C@@H](C(=O)N1C[C@@H](NC(=O)c2cc(C(=O)N[C@H]3C[C@@H](C(=O)N[C@@H]4CCCc5ccccc54)N(C(=O)[C@H](NC(=O)[C@H](C)NC)C(C)(C)C)C3)cc([N+](=O)[O-])c2)CC1C(=O)N[C@@H]1CCCc2ccccc21)C(C)(C)C.Cl.Cl. The highest BCUT2D eigenvalue weighted by Crippen LogP contribution is 2.34. The van der Waals surface area contributed by atoms with Gasteiger partial charge in [-0.2, -0.15) is 0 Å². The third kappa shape index (κ3) is 15.5. The van der Waals surface area contributed by atoms with E-state index in [0.717, 1.165) is 60.1 Å². The lowest BCUT2D eigenvalue weighted by Crippen LogP contribution is -2.59. The van der Waals surface area contributed by atoms with Crippen LogP contribution in [0, 0.1) is 20.9 Å². The first-order chi connectivity index (χ1) is 37.3. The average molecular weight is 1160 g/mol. The molecule has 0 bridgehead atoms.